The summed E-state index contributed by atoms with van der Waals surface area (Å²) < 4.78 is 0. The van der Waals surface area contributed by atoms with Crippen LogP contribution in [0.3, 0.4) is 0 Å². The highest BCUT2D eigenvalue weighted by molar-refractivity contribution is 4.95. The van der Waals surface area contributed by atoms with Gasteiger partial charge in [0.2, 0.25) is 0 Å². The third-order valence-corrected chi connectivity index (χ3v) is 3.92. The van der Waals surface area contributed by atoms with Crippen LogP contribution < -0.4 is 0 Å². The van der Waals surface area contributed by atoms with Crippen LogP contribution in [0.5, 0.6) is 0 Å². The lowest BCUT2D eigenvalue weighted by Crippen LogP contribution is -2.42. The van der Waals surface area contributed by atoms with Crippen molar-refractivity contribution in [3.63, 3.8) is 0 Å². The van der Waals surface area contributed by atoms with E-state index in [4.69, 9.17) is 0 Å². The van der Waals surface area contributed by atoms with Gasteiger partial charge in [-0.15, -0.1) is 0 Å². The van der Waals surface area contributed by atoms with Gasteiger partial charge in [-0.3, -0.25) is 4.90 Å². The van der Waals surface area contributed by atoms with Crippen molar-refractivity contribution in [3.8, 4) is 0 Å². The van der Waals surface area contributed by atoms with Gasteiger partial charge < -0.3 is 0 Å². The first-order chi connectivity index (χ1) is 6.41. The fourth-order valence-electron chi connectivity index (χ4n) is 3.33. The average Bonchev–Trinajstić information content (AvgIpc) is 2.40. The standard InChI is InChI=1S/C13H27N/c1-7-11-9-14(8-2)12(10(11)3)13(4,5)6/h10-12H,7-9H2,1-6H3. The van der Waals surface area contributed by atoms with E-state index < -0.39 is 0 Å². The summed E-state index contributed by atoms with van der Waals surface area (Å²) in [6.07, 6.45) is 1.34. The fraction of sp³-hybridized carbons (Fsp3) is 1.00. The molecule has 0 aliphatic carbocycles. The normalized spacial score (nSPS) is 35.1. The zero-order valence-corrected chi connectivity index (χ0v) is 10.8. The summed E-state index contributed by atoms with van der Waals surface area (Å²) >= 11 is 0. The van der Waals surface area contributed by atoms with Crippen LogP contribution in [0.25, 0.3) is 0 Å². The molecule has 1 fully saturated rings. The minimum Gasteiger partial charge on any atom is -0.300 e. The van der Waals surface area contributed by atoms with Crippen LogP contribution in [0.1, 0.15) is 48.0 Å². The van der Waals surface area contributed by atoms with Gasteiger partial charge in [0, 0.05) is 12.6 Å². The molecule has 1 nitrogen and oxygen atoms in total. The number of nitrogens with zero attached hydrogens (tertiary/aromatic N) is 1. The minimum atomic E-state index is 0.430. The third kappa shape index (κ3) is 2.13. The summed E-state index contributed by atoms with van der Waals surface area (Å²) in [5, 5.41) is 0. The zero-order chi connectivity index (χ0) is 10.9. The maximum Gasteiger partial charge on any atom is 0.0172 e. The van der Waals surface area contributed by atoms with E-state index in [2.05, 4.69) is 46.4 Å². The third-order valence-electron chi connectivity index (χ3n) is 3.92. The summed E-state index contributed by atoms with van der Waals surface area (Å²) in [5.41, 5.74) is 0.430. The maximum absolute atomic E-state index is 2.68. The van der Waals surface area contributed by atoms with Crippen LogP contribution in [0.2, 0.25) is 0 Å². The molecule has 0 aromatic rings. The van der Waals surface area contributed by atoms with Gasteiger partial charge in [0.05, 0.1) is 0 Å². The molecule has 0 aromatic carbocycles. The van der Waals surface area contributed by atoms with Crippen LogP contribution in [-0.4, -0.2) is 24.0 Å². The number of rotatable bonds is 2. The topological polar surface area (TPSA) is 3.24 Å². The van der Waals surface area contributed by atoms with Crippen molar-refractivity contribution in [1.29, 1.82) is 0 Å². The van der Waals surface area contributed by atoms with Gasteiger partial charge in [-0.25, -0.2) is 0 Å². The Hall–Kier alpha value is -0.0400. The van der Waals surface area contributed by atoms with Crippen LogP contribution >= 0.6 is 0 Å². The maximum atomic E-state index is 2.68. The molecule has 1 heterocycles. The highest BCUT2D eigenvalue weighted by Crippen LogP contribution is 2.40. The Balaban J connectivity index is 2.80. The number of likely N-dealkylation sites (tertiary alicyclic amines) is 1. The number of hydrogen-bond donors (Lipinski definition) is 0. The van der Waals surface area contributed by atoms with E-state index in [9.17, 15) is 0 Å². The second-order valence-corrected chi connectivity index (χ2v) is 5.93. The van der Waals surface area contributed by atoms with E-state index in [0.29, 0.717) is 5.41 Å². The van der Waals surface area contributed by atoms with E-state index in [-0.39, 0.29) is 0 Å². The Kier molecular flexibility index (Phi) is 3.63. The molecule has 3 atom stereocenters. The largest absolute Gasteiger partial charge is 0.300 e. The second-order valence-electron chi connectivity index (χ2n) is 5.93. The smallest absolute Gasteiger partial charge is 0.0172 e. The molecule has 84 valence electrons. The van der Waals surface area contributed by atoms with E-state index in [0.717, 1.165) is 17.9 Å². The van der Waals surface area contributed by atoms with E-state index in [1.165, 1.54) is 19.5 Å². The summed E-state index contributed by atoms with van der Waals surface area (Å²) in [7, 11) is 0. The van der Waals surface area contributed by atoms with E-state index in [1.807, 2.05) is 0 Å². The Labute approximate surface area is 89.9 Å². The Morgan fingerprint density at radius 3 is 2.07 bits per heavy atom. The lowest BCUT2D eigenvalue weighted by atomic mass is 9.77. The van der Waals surface area contributed by atoms with Gasteiger partial charge in [-0.2, -0.15) is 0 Å². The molecule has 14 heavy (non-hydrogen) atoms. The summed E-state index contributed by atoms with van der Waals surface area (Å²) in [5.74, 6) is 1.78. The minimum absolute atomic E-state index is 0.430. The Morgan fingerprint density at radius 1 is 1.21 bits per heavy atom. The van der Waals surface area contributed by atoms with Crippen molar-refractivity contribution in [2.24, 2.45) is 17.3 Å². The molecule has 1 saturated heterocycles. The number of hydrogen-bond acceptors (Lipinski definition) is 1. The first-order valence-corrected chi connectivity index (χ1v) is 6.15. The van der Waals surface area contributed by atoms with Gasteiger partial charge in [0.25, 0.3) is 0 Å². The van der Waals surface area contributed by atoms with Crippen LogP contribution in [0.15, 0.2) is 0 Å². The molecule has 0 N–H and O–H groups in total. The first-order valence-electron chi connectivity index (χ1n) is 6.15. The summed E-state index contributed by atoms with van der Waals surface area (Å²) in [4.78, 5) is 2.68. The molecule has 1 rings (SSSR count). The van der Waals surface area contributed by atoms with Crippen molar-refractivity contribution in [2.75, 3.05) is 13.1 Å². The average molecular weight is 197 g/mol. The first kappa shape index (κ1) is 12.0. The van der Waals surface area contributed by atoms with Crippen LogP contribution in [-0.2, 0) is 0 Å². The molecule has 0 aromatic heterocycles. The summed E-state index contributed by atoms with van der Waals surface area (Å²) in [6, 6.07) is 0.775. The van der Waals surface area contributed by atoms with E-state index in [1.54, 1.807) is 0 Å². The molecule has 0 bridgehead atoms. The van der Waals surface area contributed by atoms with E-state index >= 15 is 0 Å². The molecule has 1 aliphatic heterocycles. The van der Waals surface area contributed by atoms with Crippen LogP contribution in [0.4, 0.5) is 0 Å². The molecule has 0 amide bonds. The highest BCUT2D eigenvalue weighted by Gasteiger charge is 2.42. The quantitative estimate of drug-likeness (QED) is 0.656. The lowest BCUT2D eigenvalue weighted by molar-refractivity contribution is 0.120. The van der Waals surface area contributed by atoms with Crippen molar-refractivity contribution in [1.82, 2.24) is 4.90 Å². The second kappa shape index (κ2) is 4.22. The van der Waals surface area contributed by atoms with Crippen molar-refractivity contribution in [3.05, 3.63) is 0 Å². The fourth-order valence-corrected chi connectivity index (χ4v) is 3.33. The molecule has 0 radical (unpaired) electrons. The highest BCUT2D eigenvalue weighted by atomic mass is 15.2. The monoisotopic (exact) mass is 197 g/mol. The summed E-state index contributed by atoms with van der Waals surface area (Å²) in [6.45, 7) is 16.8. The predicted octanol–water partition coefficient (Wildman–Crippen LogP) is 3.40. The van der Waals surface area contributed by atoms with Gasteiger partial charge in [0.15, 0.2) is 0 Å². The molecule has 1 aliphatic rings. The Bertz CT molecular complexity index is 178. The van der Waals surface area contributed by atoms with Gasteiger partial charge in [-0.05, 0) is 23.8 Å². The zero-order valence-electron chi connectivity index (χ0n) is 10.8. The van der Waals surface area contributed by atoms with Gasteiger partial charge >= 0.3 is 0 Å². The predicted molar refractivity (Wildman–Crippen MR) is 63.4 cm³/mol. The van der Waals surface area contributed by atoms with Crippen molar-refractivity contribution in [2.45, 2.75) is 54.0 Å². The molecular weight excluding hydrogens is 170 g/mol. The van der Waals surface area contributed by atoms with Gasteiger partial charge in [-0.1, -0.05) is 48.0 Å². The molecule has 0 saturated carbocycles. The van der Waals surface area contributed by atoms with Crippen LogP contribution in [0, 0.1) is 17.3 Å². The SMILES string of the molecule is CCC1CN(CC)C(C(C)(C)C)C1C. The molecular formula is C13H27N. The van der Waals surface area contributed by atoms with Crippen molar-refractivity contribution < 1.29 is 0 Å². The van der Waals surface area contributed by atoms with Crippen molar-refractivity contribution >= 4 is 0 Å². The molecule has 3 unspecified atom stereocenters. The van der Waals surface area contributed by atoms with Gasteiger partial charge in [0.1, 0.15) is 0 Å². The Morgan fingerprint density at radius 2 is 1.79 bits per heavy atom. The lowest BCUT2D eigenvalue weighted by Gasteiger charge is -2.37. The molecule has 0 spiro atoms. The molecule has 1 heteroatoms.